The number of hydrogen-bond donors (Lipinski definition) is 2. The van der Waals surface area contributed by atoms with E-state index in [1.807, 2.05) is 18.2 Å². The van der Waals surface area contributed by atoms with Crippen LogP contribution in [0.1, 0.15) is 24.8 Å². The summed E-state index contributed by atoms with van der Waals surface area (Å²) in [7, 11) is 0. The number of benzene rings is 1. The van der Waals surface area contributed by atoms with Crippen molar-refractivity contribution in [2.45, 2.75) is 25.7 Å². The second-order valence-corrected chi connectivity index (χ2v) is 5.12. The first kappa shape index (κ1) is 13.4. The lowest BCUT2D eigenvalue weighted by atomic mass is 10.1. The van der Waals surface area contributed by atoms with E-state index in [2.05, 4.69) is 11.4 Å². The molecule has 18 heavy (non-hydrogen) atoms. The van der Waals surface area contributed by atoms with Crippen molar-refractivity contribution in [3.63, 3.8) is 0 Å². The van der Waals surface area contributed by atoms with E-state index in [-0.39, 0.29) is 0 Å². The summed E-state index contributed by atoms with van der Waals surface area (Å²) in [6.45, 7) is 3.91. The summed E-state index contributed by atoms with van der Waals surface area (Å²) in [5.41, 5.74) is 7.88. The summed E-state index contributed by atoms with van der Waals surface area (Å²) in [4.78, 5) is 0. The molecule has 0 spiro atoms. The van der Waals surface area contributed by atoms with Crippen molar-refractivity contribution in [2.24, 2.45) is 5.92 Å². The zero-order valence-electron chi connectivity index (χ0n) is 11.0. The Balaban J connectivity index is 1.43. The van der Waals surface area contributed by atoms with Crippen molar-refractivity contribution in [2.75, 3.05) is 32.0 Å². The summed E-state index contributed by atoms with van der Waals surface area (Å²) in [5.74, 6) is 0.876. The lowest BCUT2D eigenvalue weighted by Crippen LogP contribution is -2.20. The largest absolute Gasteiger partial charge is 0.399 e. The third-order valence-electron chi connectivity index (χ3n) is 3.23. The molecule has 1 fully saturated rings. The van der Waals surface area contributed by atoms with Gasteiger partial charge in [0.2, 0.25) is 0 Å². The van der Waals surface area contributed by atoms with Crippen LogP contribution in [-0.2, 0) is 11.2 Å². The van der Waals surface area contributed by atoms with E-state index in [0.717, 1.165) is 50.8 Å². The van der Waals surface area contributed by atoms with Crippen LogP contribution in [0.3, 0.4) is 0 Å². The minimum atomic E-state index is 0.848. The predicted octanol–water partition coefficient (Wildman–Crippen LogP) is 2.22. The van der Waals surface area contributed by atoms with Gasteiger partial charge in [0.25, 0.3) is 0 Å². The topological polar surface area (TPSA) is 47.3 Å². The summed E-state index contributed by atoms with van der Waals surface area (Å²) in [6.07, 6.45) is 4.88. The molecule has 1 aliphatic rings. The van der Waals surface area contributed by atoms with Gasteiger partial charge in [0.1, 0.15) is 0 Å². The Morgan fingerprint density at radius 3 is 2.94 bits per heavy atom. The third-order valence-corrected chi connectivity index (χ3v) is 3.23. The first-order chi connectivity index (χ1) is 8.84. The second kappa shape index (κ2) is 7.39. The molecule has 0 bridgehead atoms. The molecule has 0 amide bonds. The normalized spacial score (nSPS) is 14.9. The van der Waals surface area contributed by atoms with Crippen molar-refractivity contribution in [1.29, 1.82) is 0 Å². The van der Waals surface area contributed by atoms with Crippen LogP contribution in [0.5, 0.6) is 0 Å². The SMILES string of the molecule is Nc1cccc(CCNCCCOCC2CC2)c1. The van der Waals surface area contributed by atoms with E-state index < -0.39 is 0 Å². The molecule has 0 aromatic heterocycles. The molecule has 0 radical (unpaired) electrons. The Bertz CT molecular complexity index is 350. The quantitative estimate of drug-likeness (QED) is 0.520. The van der Waals surface area contributed by atoms with Gasteiger partial charge in [-0.2, -0.15) is 0 Å². The highest BCUT2D eigenvalue weighted by atomic mass is 16.5. The Morgan fingerprint density at radius 1 is 1.28 bits per heavy atom. The van der Waals surface area contributed by atoms with Crippen LogP contribution in [-0.4, -0.2) is 26.3 Å². The van der Waals surface area contributed by atoms with E-state index in [1.165, 1.54) is 18.4 Å². The fourth-order valence-corrected chi connectivity index (χ4v) is 1.94. The van der Waals surface area contributed by atoms with Gasteiger partial charge in [0, 0.05) is 18.9 Å². The van der Waals surface area contributed by atoms with Gasteiger partial charge in [0.05, 0.1) is 0 Å². The van der Waals surface area contributed by atoms with E-state index >= 15 is 0 Å². The lowest BCUT2D eigenvalue weighted by Gasteiger charge is -2.06. The van der Waals surface area contributed by atoms with Crippen molar-refractivity contribution >= 4 is 5.69 Å². The van der Waals surface area contributed by atoms with Crippen LogP contribution in [0, 0.1) is 5.92 Å². The van der Waals surface area contributed by atoms with Crippen molar-refractivity contribution < 1.29 is 4.74 Å². The average molecular weight is 248 g/mol. The zero-order chi connectivity index (χ0) is 12.6. The summed E-state index contributed by atoms with van der Waals surface area (Å²) in [6, 6.07) is 8.10. The number of rotatable bonds is 9. The van der Waals surface area contributed by atoms with Gasteiger partial charge in [-0.05, 0) is 62.4 Å². The highest BCUT2D eigenvalue weighted by Gasteiger charge is 2.20. The lowest BCUT2D eigenvalue weighted by molar-refractivity contribution is 0.122. The molecule has 3 nitrogen and oxygen atoms in total. The molecule has 3 N–H and O–H groups in total. The van der Waals surface area contributed by atoms with Crippen molar-refractivity contribution in [1.82, 2.24) is 5.32 Å². The van der Waals surface area contributed by atoms with Crippen LogP contribution in [0.2, 0.25) is 0 Å². The second-order valence-electron chi connectivity index (χ2n) is 5.12. The van der Waals surface area contributed by atoms with Crippen LogP contribution >= 0.6 is 0 Å². The minimum Gasteiger partial charge on any atom is -0.399 e. The molecule has 0 heterocycles. The van der Waals surface area contributed by atoms with Crippen LogP contribution in [0.4, 0.5) is 5.69 Å². The fourth-order valence-electron chi connectivity index (χ4n) is 1.94. The minimum absolute atomic E-state index is 0.848. The monoisotopic (exact) mass is 248 g/mol. The van der Waals surface area contributed by atoms with Gasteiger partial charge in [-0.3, -0.25) is 0 Å². The average Bonchev–Trinajstić information content (AvgIpc) is 3.17. The maximum Gasteiger partial charge on any atom is 0.0494 e. The van der Waals surface area contributed by atoms with Crippen LogP contribution < -0.4 is 11.1 Å². The number of nitrogen functional groups attached to an aromatic ring is 1. The number of hydrogen-bond acceptors (Lipinski definition) is 3. The first-order valence-corrected chi connectivity index (χ1v) is 6.97. The molecule has 1 aliphatic carbocycles. The molecule has 1 saturated carbocycles. The molecular formula is C15H24N2O. The van der Waals surface area contributed by atoms with E-state index in [9.17, 15) is 0 Å². The molecule has 0 unspecified atom stereocenters. The molecule has 3 heteroatoms. The number of ether oxygens (including phenoxy) is 1. The Hall–Kier alpha value is -1.06. The standard InChI is InChI=1S/C15H24N2O/c16-15-4-1-3-13(11-15)7-9-17-8-2-10-18-12-14-5-6-14/h1,3-4,11,14,17H,2,5-10,12,16H2. The molecule has 2 rings (SSSR count). The van der Waals surface area contributed by atoms with Gasteiger partial charge in [0.15, 0.2) is 0 Å². The maximum absolute atomic E-state index is 5.74. The van der Waals surface area contributed by atoms with E-state index in [0.29, 0.717) is 0 Å². The molecule has 0 aliphatic heterocycles. The van der Waals surface area contributed by atoms with E-state index in [4.69, 9.17) is 10.5 Å². The Labute approximate surface area is 110 Å². The molecule has 0 atom stereocenters. The Kier molecular flexibility index (Phi) is 5.49. The molecule has 100 valence electrons. The summed E-state index contributed by atoms with van der Waals surface area (Å²) >= 11 is 0. The number of nitrogens with one attached hydrogen (secondary N) is 1. The van der Waals surface area contributed by atoms with Gasteiger partial charge >= 0.3 is 0 Å². The Morgan fingerprint density at radius 2 is 2.17 bits per heavy atom. The summed E-state index contributed by atoms with van der Waals surface area (Å²) in [5, 5.41) is 3.44. The summed E-state index contributed by atoms with van der Waals surface area (Å²) < 4.78 is 5.58. The molecule has 1 aromatic rings. The third kappa shape index (κ3) is 5.52. The maximum atomic E-state index is 5.74. The zero-order valence-corrected chi connectivity index (χ0v) is 11.0. The van der Waals surface area contributed by atoms with Crippen molar-refractivity contribution in [3.05, 3.63) is 29.8 Å². The smallest absolute Gasteiger partial charge is 0.0494 e. The van der Waals surface area contributed by atoms with Gasteiger partial charge in [-0.15, -0.1) is 0 Å². The first-order valence-electron chi connectivity index (χ1n) is 6.97. The van der Waals surface area contributed by atoms with Gasteiger partial charge in [-0.25, -0.2) is 0 Å². The van der Waals surface area contributed by atoms with Crippen LogP contribution in [0.15, 0.2) is 24.3 Å². The van der Waals surface area contributed by atoms with Gasteiger partial charge in [-0.1, -0.05) is 12.1 Å². The molecule has 0 saturated heterocycles. The van der Waals surface area contributed by atoms with Gasteiger partial charge < -0.3 is 15.8 Å². The van der Waals surface area contributed by atoms with Crippen LogP contribution in [0.25, 0.3) is 0 Å². The fraction of sp³-hybridized carbons (Fsp3) is 0.600. The number of anilines is 1. The highest BCUT2D eigenvalue weighted by molar-refractivity contribution is 5.40. The van der Waals surface area contributed by atoms with Crippen molar-refractivity contribution in [3.8, 4) is 0 Å². The number of nitrogens with two attached hydrogens (primary N) is 1. The molecule has 1 aromatic carbocycles. The highest BCUT2D eigenvalue weighted by Crippen LogP contribution is 2.28. The molecular weight excluding hydrogens is 224 g/mol. The van der Waals surface area contributed by atoms with E-state index in [1.54, 1.807) is 0 Å². The predicted molar refractivity (Wildman–Crippen MR) is 75.6 cm³/mol.